The van der Waals surface area contributed by atoms with E-state index < -0.39 is 47.9 Å². The number of hydrogen-bond donors (Lipinski definition) is 8. The summed E-state index contributed by atoms with van der Waals surface area (Å²) in [6.45, 7) is 4.73. The number of para-hydroxylation sites is 1. The Kier molecular flexibility index (Phi) is 14.3. The fraction of sp³-hybridized carbons (Fsp3) is 0.586. The molecule has 12 heteroatoms. The largest absolute Gasteiger partial charge is 0.480 e. The van der Waals surface area contributed by atoms with Crippen molar-refractivity contribution < 1.29 is 24.3 Å². The van der Waals surface area contributed by atoms with E-state index in [1.165, 1.54) is 0 Å². The number of nitrogens with two attached hydrogens (primary N) is 3. The van der Waals surface area contributed by atoms with E-state index in [4.69, 9.17) is 17.2 Å². The summed E-state index contributed by atoms with van der Waals surface area (Å²) >= 11 is 0. The van der Waals surface area contributed by atoms with Gasteiger partial charge in [-0.15, -0.1) is 0 Å². The molecule has 2 rings (SSSR count). The van der Waals surface area contributed by atoms with E-state index in [0.29, 0.717) is 45.2 Å². The van der Waals surface area contributed by atoms with E-state index in [2.05, 4.69) is 20.9 Å². The number of aromatic amines is 1. The van der Waals surface area contributed by atoms with Gasteiger partial charge in [-0.1, -0.05) is 32.0 Å². The Morgan fingerprint density at radius 3 is 2.00 bits per heavy atom. The van der Waals surface area contributed by atoms with Crippen LogP contribution in [0.1, 0.15) is 64.4 Å². The number of carboxylic acid groups (broad SMARTS) is 1. The first-order valence-corrected chi connectivity index (χ1v) is 14.4. The molecular formula is C29H47N7O5. The second-order valence-corrected chi connectivity index (χ2v) is 10.9. The number of aliphatic carboxylic acids is 1. The van der Waals surface area contributed by atoms with E-state index in [-0.39, 0.29) is 25.2 Å². The molecule has 3 amide bonds. The normalized spacial score (nSPS) is 14.3. The molecule has 0 radical (unpaired) electrons. The second-order valence-electron chi connectivity index (χ2n) is 10.9. The van der Waals surface area contributed by atoms with Gasteiger partial charge in [0, 0.05) is 23.5 Å². The first-order chi connectivity index (χ1) is 19.6. The van der Waals surface area contributed by atoms with Gasteiger partial charge in [0.2, 0.25) is 17.7 Å². The van der Waals surface area contributed by atoms with Gasteiger partial charge in [-0.3, -0.25) is 14.4 Å². The smallest absolute Gasteiger partial charge is 0.326 e. The number of H-pyrrole nitrogens is 1. The number of carboxylic acids is 1. The molecule has 11 N–H and O–H groups in total. The highest BCUT2D eigenvalue weighted by Crippen LogP contribution is 2.19. The van der Waals surface area contributed by atoms with Crippen LogP contribution in [0.3, 0.4) is 0 Å². The lowest BCUT2D eigenvalue weighted by molar-refractivity contribution is -0.142. The number of hydrogen-bond acceptors (Lipinski definition) is 7. The van der Waals surface area contributed by atoms with Crippen LogP contribution < -0.4 is 33.2 Å². The van der Waals surface area contributed by atoms with Gasteiger partial charge < -0.3 is 43.2 Å². The van der Waals surface area contributed by atoms with Crippen LogP contribution >= 0.6 is 0 Å². The van der Waals surface area contributed by atoms with Crippen molar-refractivity contribution in [1.29, 1.82) is 0 Å². The Morgan fingerprint density at radius 1 is 0.829 bits per heavy atom. The molecule has 0 aliphatic rings. The van der Waals surface area contributed by atoms with Crippen molar-refractivity contribution in [1.82, 2.24) is 20.9 Å². The van der Waals surface area contributed by atoms with Crippen LogP contribution in [-0.2, 0) is 25.6 Å². The third kappa shape index (κ3) is 11.1. The molecule has 1 heterocycles. The Labute approximate surface area is 241 Å². The third-order valence-corrected chi connectivity index (χ3v) is 6.94. The topological polar surface area (TPSA) is 218 Å². The minimum absolute atomic E-state index is 0.157. The Hall–Kier alpha value is -3.48. The second kappa shape index (κ2) is 17.4. The van der Waals surface area contributed by atoms with Crippen molar-refractivity contribution >= 4 is 34.6 Å². The van der Waals surface area contributed by atoms with Crippen molar-refractivity contribution in [2.24, 2.45) is 23.1 Å². The van der Waals surface area contributed by atoms with E-state index in [1.54, 1.807) is 6.20 Å². The maximum absolute atomic E-state index is 13.7. The third-order valence-electron chi connectivity index (χ3n) is 6.94. The Bertz CT molecular complexity index is 1140. The van der Waals surface area contributed by atoms with E-state index in [0.717, 1.165) is 16.5 Å². The van der Waals surface area contributed by atoms with Crippen LogP contribution in [0, 0.1) is 5.92 Å². The minimum atomic E-state index is -1.16. The van der Waals surface area contributed by atoms with Crippen LogP contribution in [0.5, 0.6) is 0 Å². The molecule has 2 aromatic rings. The van der Waals surface area contributed by atoms with Crippen LogP contribution in [0.2, 0.25) is 0 Å². The molecule has 12 nitrogen and oxygen atoms in total. The standard InChI is InChI=1S/C29H47N7O5/c1-18(2)15-21(32)26(37)36-25(16-19-17-33-22-10-4-3-9-20(19)22)28(39)34-23(11-5-7-13-30)27(38)35-24(29(40)41)12-6-8-14-31/h3-4,9-10,17-18,21,23-25,33H,5-8,11-16,30-32H2,1-2H3,(H,34,39)(H,35,38)(H,36,37)(H,40,41). The number of carbonyl (C=O) groups is 4. The average molecular weight is 574 g/mol. The zero-order valence-electron chi connectivity index (χ0n) is 24.2. The number of unbranched alkanes of at least 4 members (excludes halogenated alkanes) is 2. The molecule has 0 spiro atoms. The van der Waals surface area contributed by atoms with Gasteiger partial charge in [-0.05, 0) is 75.6 Å². The molecule has 41 heavy (non-hydrogen) atoms. The van der Waals surface area contributed by atoms with Crippen molar-refractivity contribution in [3.8, 4) is 0 Å². The first kappa shape index (κ1) is 33.7. The summed E-state index contributed by atoms with van der Waals surface area (Å²) in [4.78, 5) is 54.8. The number of nitrogens with one attached hydrogen (secondary N) is 4. The lowest BCUT2D eigenvalue weighted by Crippen LogP contribution is -2.57. The first-order valence-electron chi connectivity index (χ1n) is 14.4. The summed E-state index contributed by atoms with van der Waals surface area (Å²) in [5, 5.41) is 18.6. The number of rotatable bonds is 19. The van der Waals surface area contributed by atoms with E-state index >= 15 is 0 Å². The molecule has 1 aromatic carbocycles. The molecule has 4 atom stereocenters. The maximum Gasteiger partial charge on any atom is 0.326 e. The molecule has 0 fully saturated rings. The summed E-state index contributed by atoms with van der Waals surface area (Å²) in [7, 11) is 0. The zero-order chi connectivity index (χ0) is 30.4. The highest BCUT2D eigenvalue weighted by atomic mass is 16.4. The van der Waals surface area contributed by atoms with Gasteiger partial charge in [0.1, 0.15) is 18.1 Å². The average Bonchev–Trinajstić information content (AvgIpc) is 3.33. The van der Waals surface area contributed by atoms with Gasteiger partial charge in [-0.2, -0.15) is 0 Å². The molecule has 4 unspecified atom stereocenters. The maximum atomic E-state index is 13.7. The summed E-state index contributed by atoms with van der Waals surface area (Å²) in [5.41, 5.74) is 18.9. The van der Waals surface area contributed by atoms with Crippen LogP contribution in [0.4, 0.5) is 0 Å². The number of carbonyl (C=O) groups excluding carboxylic acids is 3. The van der Waals surface area contributed by atoms with Crippen molar-refractivity contribution in [2.45, 2.75) is 89.4 Å². The summed E-state index contributed by atoms with van der Waals surface area (Å²) in [6.07, 6.45) is 5.19. The lowest BCUT2D eigenvalue weighted by atomic mass is 10.0. The van der Waals surface area contributed by atoms with Crippen molar-refractivity contribution in [2.75, 3.05) is 13.1 Å². The van der Waals surface area contributed by atoms with Crippen molar-refractivity contribution in [3.05, 3.63) is 36.0 Å². The quantitative estimate of drug-likeness (QED) is 0.112. The Morgan fingerprint density at radius 2 is 1.39 bits per heavy atom. The molecule has 0 aliphatic heterocycles. The summed E-state index contributed by atoms with van der Waals surface area (Å²) < 4.78 is 0. The van der Waals surface area contributed by atoms with Crippen LogP contribution in [-0.4, -0.2) is 71.0 Å². The van der Waals surface area contributed by atoms with Gasteiger partial charge in [0.15, 0.2) is 0 Å². The van der Waals surface area contributed by atoms with Gasteiger partial charge >= 0.3 is 5.97 Å². The molecular weight excluding hydrogens is 526 g/mol. The predicted molar refractivity (Wildman–Crippen MR) is 159 cm³/mol. The van der Waals surface area contributed by atoms with Crippen LogP contribution in [0.25, 0.3) is 10.9 Å². The highest BCUT2D eigenvalue weighted by molar-refractivity contribution is 5.94. The summed E-state index contributed by atoms with van der Waals surface area (Å²) in [6, 6.07) is 3.65. The van der Waals surface area contributed by atoms with Gasteiger partial charge in [0.25, 0.3) is 0 Å². The molecule has 0 aliphatic carbocycles. The summed E-state index contributed by atoms with van der Waals surface area (Å²) in [5.74, 6) is -2.62. The number of aromatic nitrogens is 1. The Balaban J connectivity index is 2.27. The molecule has 0 saturated carbocycles. The van der Waals surface area contributed by atoms with E-state index in [1.807, 2.05) is 38.1 Å². The number of benzene rings is 1. The van der Waals surface area contributed by atoms with Crippen molar-refractivity contribution in [3.63, 3.8) is 0 Å². The minimum Gasteiger partial charge on any atom is -0.480 e. The number of amides is 3. The predicted octanol–water partition coefficient (Wildman–Crippen LogP) is 0.881. The number of fused-ring (bicyclic) bond motifs is 1. The van der Waals surface area contributed by atoms with Gasteiger partial charge in [0.05, 0.1) is 6.04 Å². The molecule has 0 bridgehead atoms. The lowest BCUT2D eigenvalue weighted by Gasteiger charge is -2.25. The molecule has 1 aromatic heterocycles. The van der Waals surface area contributed by atoms with E-state index in [9.17, 15) is 24.3 Å². The molecule has 0 saturated heterocycles. The molecule has 228 valence electrons. The van der Waals surface area contributed by atoms with Gasteiger partial charge in [-0.25, -0.2) is 4.79 Å². The fourth-order valence-electron chi connectivity index (χ4n) is 4.68. The highest BCUT2D eigenvalue weighted by Gasteiger charge is 2.30. The fourth-order valence-corrected chi connectivity index (χ4v) is 4.68. The SMILES string of the molecule is CC(C)CC(N)C(=O)NC(Cc1c[nH]c2ccccc12)C(=O)NC(CCCCN)C(=O)NC(CCCCN)C(=O)O. The van der Waals surface area contributed by atoms with Crippen LogP contribution in [0.15, 0.2) is 30.5 Å². The monoisotopic (exact) mass is 573 g/mol. The zero-order valence-corrected chi connectivity index (χ0v) is 24.2.